The Labute approximate surface area is 234 Å². The number of ether oxygens (including phenoxy) is 1. The van der Waals surface area contributed by atoms with Gasteiger partial charge in [-0.15, -0.1) is 3.89 Å². The number of guanidine groups is 2. The van der Waals surface area contributed by atoms with Crippen molar-refractivity contribution in [2.24, 2.45) is 21.5 Å². The molecule has 0 fully saturated rings. The third kappa shape index (κ3) is 9.21. The molecule has 0 bridgehead atoms. The van der Waals surface area contributed by atoms with E-state index < -0.39 is 43.4 Å². The van der Waals surface area contributed by atoms with Gasteiger partial charge in [0.2, 0.25) is 11.9 Å². The summed E-state index contributed by atoms with van der Waals surface area (Å²) in [6.07, 6.45) is 0. The molecule has 1 aliphatic heterocycles. The Kier molecular flexibility index (Phi) is 10.1. The van der Waals surface area contributed by atoms with E-state index in [-0.39, 0.29) is 39.2 Å². The van der Waals surface area contributed by atoms with Crippen LogP contribution in [0.4, 0.5) is 15.3 Å². The Morgan fingerprint density at radius 2 is 1.74 bits per heavy atom. The molecule has 0 aliphatic carbocycles. The Bertz CT molecular complexity index is 1530. The molecule has 1 amide bonds. The molecular weight excluding hydrogens is 602 g/mol. The number of nitrogens with zero attached hydrogens (tertiary/aromatic N) is 3. The van der Waals surface area contributed by atoms with E-state index >= 15 is 0 Å². The summed E-state index contributed by atoms with van der Waals surface area (Å²) in [6.45, 7) is 4.47. The van der Waals surface area contributed by atoms with Crippen molar-refractivity contribution >= 4 is 72.7 Å². The molecule has 0 saturated carbocycles. The Morgan fingerprint density at radius 3 is 2.26 bits per heavy atom. The SMILES string of the molecule is CC1(C)N=C(N)N=C(N)N1c1ccc(OCC(=O)Nc2cc(S(=O)(=O)F)ccc2Cl)c(Cl)c1.CCS(=O)(=O)O. The summed E-state index contributed by atoms with van der Waals surface area (Å²) in [5.74, 6) is -0.502. The number of benzene rings is 2. The molecule has 0 spiro atoms. The predicted octanol–water partition coefficient (Wildman–Crippen LogP) is 2.75. The summed E-state index contributed by atoms with van der Waals surface area (Å²) in [5.41, 5.74) is 11.3. The van der Waals surface area contributed by atoms with E-state index in [1.807, 2.05) is 0 Å². The smallest absolute Gasteiger partial charge is 0.332 e. The first kappa shape index (κ1) is 32.0. The summed E-state index contributed by atoms with van der Waals surface area (Å²) in [7, 11) is -8.62. The molecule has 18 heteroatoms. The topological polar surface area (TPSA) is 207 Å². The van der Waals surface area contributed by atoms with Crippen molar-refractivity contribution in [1.29, 1.82) is 0 Å². The number of hydrogen-bond donors (Lipinski definition) is 4. The van der Waals surface area contributed by atoms with Crippen LogP contribution in [0.2, 0.25) is 10.0 Å². The van der Waals surface area contributed by atoms with E-state index in [1.54, 1.807) is 30.9 Å². The number of hydrogen-bond acceptors (Lipinski definition) is 11. The van der Waals surface area contributed by atoms with Crippen LogP contribution in [-0.4, -0.2) is 57.2 Å². The van der Waals surface area contributed by atoms with E-state index in [0.29, 0.717) is 5.69 Å². The average Bonchev–Trinajstić information content (AvgIpc) is 2.78. The zero-order valence-electron chi connectivity index (χ0n) is 20.7. The maximum atomic E-state index is 13.2. The maximum absolute atomic E-state index is 13.2. The summed E-state index contributed by atoms with van der Waals surface area (Å²) >= 11 is 12.2. The van der Waals surface area contributed by atoms with Gasteiger partial charge in [0.15, 0.2) is 6.61 Å². The van der Waals surface area contributed by atoms with Crippen LogP contribution in [0, 0.1) is 0 Å². The second-order valence-corrected chi connectivity index (χ2v) is 12.1. The third-order valence-electron chi connectivity index (χ3n) is 4.78. The van der Waals surface area contributed by atoms with Crippen LogP contribution in [-0.2, 0) is 25.1 Å². The van der Waals surface area contributed by atoms with E-state index in [4.69, 9.17) is 44.0 Å². The minimum absolute atomic E-state index is 0.0184. The molecule has 0 atom stereocenters. The van der Waals surface area contributed by atoms with Gasteiger partial charge in [0.25, 0.3) is 16.0 Å². The highest BCUT2D eigenvalue weighted by atomic mass is 35.5. The molecule has 1 aliphatic rings. The number of carbonyl (C=O) groups excluding carboxylic acids is 1. The van der Waals surface area contributed by atoms with Gasteiger partial charge < -0.3 is 21.5 Å². The molecule has 214 valence electrons. The largest absolute Gasteiger partial charge is 0.482 e. The lowest BCUT2D eigenvalue weighted by Gasteiger charge is -2.38. The van der Waals surface area contributed by atoms with E-state index in [0.717, 1.165) is 18.2 Å². The van der Waals surface area contributed by atoms with Gasteiger partial charge in [-0.25, -0.2) is 4.99 Å². The van der Waals surface area contributed by atoms with E-state index in [1.165, 1.54) is 13.0 Å². The van der Waals surface area contributed by atoms with Crippen LogP contribution in [0.1, 0.15) is 20.8 Å². The number of nitrogens with one attached hydrogen (secondary N) is 1. The van der Waals surface area contributed by atoms with Gasteiger partial charge in [-0.3, -0.25) is 14.2 Å². The van der Waals surface area contributed by atoms with Gasteiger partial charge >= 0.3 is 10.2 Å². The minimum Gasteiger partial charge on any atom is -0.482 e. The molecule has 13 nitrogen and oxygen atoms in total. The van der Waals surface area contributed by atoms with Crippen LogP contribution >= 0.6 is 23.2 Å². The summed E-state index contributed by atoms with van der Waals surface area (Å²) in [6, 6.07) is 7.76. The van der Waals surface area contributed by atoms with Crippen molar-refractivity contribution < 1.29 is 34.8 Å². The predicted molar refractivity (Wildman–Crippen MR) is 147 cm³/mol. The summed E-state index contributed by atoms with van der Waals surface area (Å²) < 4.78 is 67.6. The Balaban J connectivity index is 0.000000798. The molecular formula is C21H25Cl2FN6O7S2. The number of amides is 1. The molecule has 3 rings (SSSR count). The first-order valence-corrected chi connectivity index (χ1v) is 14.5. The molecule has 1 heterocycles. The minimum atomic E-state index is -4.96. The first-order valence-electron chi connectivity index (χ1n) is 10.8. The number of rotatable bonds is 7. The molecule has 0 radical (unpaired) electrons. The van der Waals surface area contributed by atoms with Crippen molar-refractivity contribution in [3.63, 3.8) is 0 Å². The van der Waals surface area contributed by atoms with Crippen LogP contribution in [0.5, 0.6) is 5.75 Å². The quantitative estimate of drug-likeness (QED) is 0.261. The van der Waals surface area contributed by atoms with Crippen LogP contribution in [0.3, 0.4) is 0 Å². The van der Waals surface area contributed by atoms with Gasteiger partial charge in [-0.05, 0) is 57.2 Å². The zero-order valence-corrected chi connectivity index (χ0v) is 23.9. The second kappa shape index (κ2) is 12.3. The van der Waals surface area contributed by atoms with Gasteiger partial charge in [0, 0.05) is 5.69 Å². The number of aliphatic imine (C=N–C) groups is 2. The van der Waals surface area contributed by atoms with Gasteiger partial charge in [0.05, 0.1) is 21.5 Å². The Hall–Kier alpha value is -3.18. The summed E-state index contributed by atoms with van der Waals surface area (Å²) in [5, 5.41) is 2.55. The monoisotopic (exact) mass is 626 g/mol. The molecule has 39 heavy (non-hydrogen) atoms. The lowest BCUT2D eigenvalue weighted by Crippen LogP contribution is -2.54. The number of nitrogens with two attached hydrogens (primary N) is 2. The number of halogens is 3. The molecule has 0 unspecified atom stereocenters. The molecule has 0 saturated heterocycles. The normalized spacial score (nSPS) is 14.9. The number of carbonyl (C=O) groups is 1. The molecule has 0 aromatic heterocycles. The van der Waals surface area contributed by atoms with Crippen LogP contribution in [0.15, 0.2) is 51.3 Å². The lowest BCUT2D eigenvalue weighted by atomic mass is 10.1. The highest BCUT2D eigenvalue weighted by Crippen LogP contribution is 2.34. The lowest BCUT2D eigenvalue weighted by molar-refractivity contribution is -0.118. The highest BCUT2D eigenvalue weighted by molar-refractivity contribution is 7.86. The van der Waals surface area contributed by atoms with Gasteiger partial charge in [-0.2, -0.15) is 21.8 Å². The fourth-order valence-electron chi connectivity index (χ4n) is 3.08. The third-order valence-corrected chi connectivity index (χ3v) is 6.96. The van der Waals surface area contributed by atoms with Crippen molar-refractivity contribution in [2.75, 3.05) is 22.6 Å². The van der Waals surface area contributed by atoms with Crippen molar-refractivity contribution in [3.05, 3.63) is 46.4 Å². The average molecular weight is 628 g/mol. The molecule has 2 aromatic rings. The van der Waals surface area contributed by atoms with Gasteiger partial charge in [-0.1, -0.05) is 23.2 Å². The van der Waals surface area contributed by atoms with Gasteiger partial charge in [0.1, 0.15) is 16.3 Å². The standard InChI is InChI=1S/C19H19Cl2FN6O4S.C2H6O3S/c1-19(2)27-17(23)26-18(24)28(19)10-3-6-15(13(21)7-10)32-9-16(29)25-14-8-11(33(22,30)31)4-5-12(14)20;1-2-6(3,4)5/h3-8H,9H2,1-2H3,(H,25,29)(H4,23,24,26,27);2H2,1H3,(H,3,4,5). The molecule has 2 aromatic carbocycles. The zero-order chi connectivity index (χ0) is 29.8. The van der Waals surface area contributed by atoms with Crippen LogP contribution in [0.25, 0.3) is 0 Å². The fraction of sp³-hybridized carbons (Fsp3) is 0.286. The maximum Gasteiger partial charge on any atom is 0.332 e. The summed E-state index contributed by atoms with van der Waals surface area (Å²) in [4.78, 5) is 21.4. The number of anilines is 2. The van der Waals surface area contributed by atoms with Crippen LogP contribution < -0.4 is 26.4 Å². The molecule has 6 N–H and O–H groups in total. The van der Waals surface area contributed by atoms with Crippen molar-refractivity contribution in [2.45, 2.75) is 31.3 Å². The highest BCUT2D eigenvalue weighted by Gasteiger charge is 2.33. The fourth-order valence-corrected chi connectivity index (χ4v) is 3.96. The van der Waals surface area contributed by atoms with E-state index in [2.05, 4.69) is 15.3 Å². The van der Waals surface area contributed by atoms with E-state index in [9.17, 15) is 25.5 Å². The Morgan fingerprint density at radius 1 is 1.13 bits per heavy atom. The van der Waals surface area contributed by atoms with Crippen molar-refractivity contribution in [3.8, 4) is 5.75 Å². The first-order chi connectivity index (χ1) is 17.8. The van der Waals surface area contributed by atoms with Crippen molar-refractivity contribution in [1.82, 2.24) is 0 Å². The second-order valence-electron chi connectivity index (χ2n) is 8.17.